The van der Waals surface area contributed by atoms with E-state index in [1.54, 1.807) is 24.2 Å². The first-order valence-corrected chi connectivity index (χ1v) is 5.96. The smallest absolute Gasteiger partial charge is 0.272 e. The van der Waals surface area contributed by atoms with Gasteiger partial charge in [0.15, 0.2) is 0 Å². The maximum Gasteiger partial charge on any atom is 0.272 e. The molecule has 0 saturated carbocycles. The van der Waals surface area contributed by atoms with Crippen LogP contribution in [0.3, 0.4) is 0 Å². The minimum absolute atomic E-state index is 0.113. The largest absolute Gasteiger partial charge is 0.459 e. The Labute approximate surface area is 109 Å². The minimum atomic E-state index is -0.113. The Kier molecular flexibility index (Phi) is 2.79. The van der Waals surface area contributed by atoms with Crippen molar-refractivity contribution in [1.29, 1.82) is 0 Å². The van der Waals surface area contributed by atoms with Gasteiger partial charge in [0.25, 0.3) is 5.91 Å². The summed E-state index contributed by atoms with van der Waals surface area (Å²) in [6.07, 6.45) is 1.56. The molecule has 0 saturated heterocycles. The molecule has 0 spiro atoms. The van der Waals surface area contributed by atoms with Gasteiger partial charge in [-0.05, 0) is 18.2 Å². The minimum Gasteiger partial charge on any atom is -0.459 e. The first-order valence-electron chi connectivity index (χ1n) is 5.96. The number of aromatic nitrogens is 2. The first kappa shape index (κ1) is 11.5. The van der Waals surface area contributed by atoms with Gasteiger partial charge in [-0.15, -0.1) is 0 Å². The van der Waals surface area contributed by atoms with Crippen LogP contribution in [0.25, 0.3) is 11.0 Å². The number of nitrogens with zero attached hydrogens (tertiary/aromatic N) is 2. The van der Waals surface area contributed by atoms with Crippen LogP contribution in [0, 0.1) is 0 Å². The highest BCUT2D eigenvalue weighted by Gasteiger charge is 2.14. The Morgan fingerprint density at radius 1 is 1.37 bits per heavy atom. The van der Waals surface area contributed by atoms with Gasteiger partial charge in [0, 0.05) is 18.6 Å². The molecule has 0 bridgehead atoms. The van der Waals surface area contributed by atoms with Crippen LogP contribution in [0.4, 0.5) is 0 Å². The lowest BCUT2D eigenvalue weighted by atomic mass is 10.2. The summed E-state index contributed by atoms with van der Waals surface area (Å²) in [4.78, 5) is 13.6. The van der Waals surface area contributed by atoms with Crippen molar-refractivity contribution in [2.75, 3.05) is 7.05 Å². The van der Waals surface area contributed by atoms with Gasteiger partial charge in [-0.3, -0.25) is 9.89 Å². The summed E-state index contributed by atoms with van der Waals surface area (Å²) in [6.45, 7) is 0.423. The average Bonchev–Trinajstić information content (AvgIpc) is 3.06. The second kappa shape index (κ2) is 4.61. The van der Waals surface area contributed by atoms with E-state index < -0.39 is 0 Å². The molecular weight excluding hydrogens is 242 g/mol. The fourth-order valence-corrected chi connectivity index (χ4v) is 2.00. The molecule has 3 rings (SSSR count). The molecule has 0 atom stereocenters. The van der Waals surface area contributed by atoms with E-state index in [0.29, 0.717) is 12.2 Å². The van der Waals surface area contributed by atoms with Gasteiger partial charge >= 0.3 is 0 Å². The van der Waals surface area contributed by atoms with Crippen LogP contribution in [-0.2, 0) is 6.54 Å². The zero-order chi connectivity index (χ0) is 13.2. The number of carbonyl (C=O) groups is 1. The summed E-state index contributed by atoms with van der Waals surface area (Å²) in [5.74, 6) is 0.648. The fourth-order valence-electron chi connectivity index (χ4n) is 2.00. The Balaban J connectivity index is 1.79. The van der Waals surface area contributed by atoms with Crippen LogP contribution in [-0.4, -0.2) is 28.1 Å². The molecule has 0 unspecified atom stereocenters. The number of fused-ring (bicyclic) bond motifs is 1. The second-order valence-corrected chi connectivity index (χ2v) is 4.38. The maximum atomic E-state index is 12.0. The molecule has 2 aromatic heterocycles. The number of benzene rings is 1. The monoisotopic (exact) mass is 255 g/mol. The van der Waals surface area contributed by atoms with E-state index >= 15 is 0 Å². The van der Waals surface area contributed by atoms with Gasteiger partial charge in [0.2, 0.25) is 0 Å². The number of hydrogen-bond donors (Lipinski definition) is 1. The van der Waals surface area contributed by atoms with E-state index in [2.05, 4.69) is 10.2 Å². The van der Waals surface area contributed by atoms with Gasteiger partial charge < -0.3 is 9.32 Å². The highest BCUT2D eigenvalue weighted by molar-refractivity contribution is 5.92. The number of rotatable bonds is 3. The van der Waals surface area contributed by atoms with Gasteiger partial charge in [0.1, 0.15) is 17.0 Å². The predicted molar refractivity (Wildman–Crippen MR) is 70.6 cm³/mol. The lowest BCUT2D eigenvalue weighted by Gasteiger charge is -2.14. The topological polar surface area (TPSA) is 62.1 Å². The molecular formula is C14H13N3O2. The molecule has 0 aliphatic heterocycles. The zero-order valence-electron chi connectivity index (χ0n) is 10.5. The van der Waals surface area contributed by atoms with Gasteiger partial charge in [0.05, 0.1) is 6.54 Å². The number of hydrogen-bond acceptors (Lipinski definition) is 3. The number of aromatic amines is 1. The molecule has 3 aromatic rings. The van der Waals surface area contributed by atoms with E-state index in [-0.39, 0.29) is 5.91 Å². The molecule has 1 N–H and O–H groups in total. The number of furan rings is 1. The van der Waals surface area contributed by atoms with Crippen LogP contribution in [0.5, 0.6) is 0 Å². The third-order valence-electron chi connectivity index (χ3n) is 2.95. The standard InChI is InChI=1S/C14H13N3O2/c1-17(14(18)12-6-7-15-16-12)9-11-8-10-4-2-3-5-13(10)19-11/h2-8H,9H2,1H3,(H,15,16). The molecule has 1 amide bonds. The molecule has 0 radical (unpaired) electrons. The molecule has 2 heterocycles. The molecule has 1 aromatic carbocycles. The second-order valence-electron chi connectivity index (χ2n) is 4.38. The molecule has 0 aliphatic carbocycles. The van der Waals surface area contributed by atoms with Gasteiger partial charge in [-0.1, -0.05) is 18.2 Å². The third kappa shape index (κ3) is 2.22. The third-order valence-corrected chi connectivity index (χ3v) is 2.95. The van der Waals surface area contributed by atoms with Crippen LogP contribution in [0.2, 0.25) is 0 Å². The number of carbonyl (C=O) groups excluding carboxylic acids is 1. The van der Waals surface area contributed by atoms with E-state index in [9.17, 15) is 4.79 Å². The number of para-hydroxylation sites is 1. The Morgan fingerprint density at radius 3 is 2.95 bits per heavy atom. The Morgan fingerprint density at radius 2 is 2.21 bits per heavy atom. The molecule has 19 heavy (non-hydrogen) atoms. The predicted octanol–water partition coefficient (Wildman–Crippen LogP) is 2.43. The van der Waals surface area contributed by atoms with E-state index in [1.165, 1.54) is 0 Å². The van der Waals surface area contributed by atoms with Crippen molar-refractivity contribution in [2.45, 2.75) is 6.54 Å². The quantitative estimate of drug-likeness (QED) is 0.781. The summed E-state index contributed by atoms with van der Waals surface area (Å²) in [5, 5.41) is 7.47. The van der Waals surface area contributed by atoms with Crippen molar-refractivity contribution in [3.63, 3.8) is 0 Å². The van der Waals surface area contributed by atoms with Crippen LogP contribution in [0.1, 0.15) is 16.2 Å². The van der Waals surface area contributed by atoms with Crippen molar-refractivity contribution < 1.29 is 9.21 Å². The highest BCUT2D eigenvalue weighted by Crippen LogP contribution is 2.20. The van der Waals surface area contributed by atoms with Crippen LogP contribution in [0.15, 0.2) is 47.0 Å². The van der Waals surface area contributed by atoms with Crippen LogP contribution >= 0.6 is 0 Å². The fraction of sp³-hybridized carbons (Fsp3) is 0.143. The van der Waals surface area contributed by atoms with E-state index in [4.69, 9.17) is 4.42 Å². The van der Waals surface area contributed by atoms with Gasteiger partial charge in [-0.25, -0.2) is 0 Å². The summed E-state index contributed by atoms with van der Waals surface area (Å²) in [5.41, 5.74) is 1.30. The summed E-state index contributed by atoms with van der Waals surface area (Å²) < 4.78 is 5.69. The van der Waals surface area contributed by atoms with Crippen molar-refractivity contribution in [1.82, 2.24) is 15.1 Å². The van der Waals surface area contributed by atoms with Crippen LogP contribution < -0.4 is 0 Å². The van der Waals surface area contributed by atoms with Crippen molar-refractivity contribution in [2.24, 2.45) is 0 Å². The summed E-state index contributed by atoms with van der Waals surface area (Å²) in [6, 6.07) is 11.4. The molecule has 0 fully saturated rings. The molecule has 0 aliphatic rings. The maximum absolute atomic E-state index is 12.0. The molecule has 96 valence electrons. The number of amides is 1. The SMILES string of the molecule is CN(Cc1cc2ccccc2o1)C(=O)c1ccn[nH]1. The highest BCUT2D eigenvalue weighted by atomic mass is 16.3. The van der Waals surface area contributed by atoms with Gasteiger partial charge in [-0.2, -0.15) is 5.10 Å². The number of H-pyrrole nitrogens is 1. The van der Waals surface area contributed by atoms with E-state index in [1.807, 2.05) is 30.3 Å². The normalized spacial score (nSPS) is 10.8. The van der Waals surface area contributed by atoms with Crippen molar-refractivity contribution in [3.8, 4) is 0 Å². The molecule has 5 nitrogen and oxygen atoms in total. The zero-order valence-corrected chi connectivity index (χ0v) is 10.5. The molecule has 5 heteroatoms. The first-order chi connectivity index (χ1) is 9.24. The van der Waals surface area contributed by atoms with E-state index in [0.717, 1.165) is 16.7 Å². The Bertz CT molecular complexity index is 667. The lowest BCUT2D eigenvalue weighted by molar-refractivity contribution is 0.0770. The average molecular weight is 255 g/mol. The Hall–Kier alpha value is -2.56. The van der Waals surface area contributed by atoms with Crippen molar-refractivity contribution >= 4 is 16.9 Å². The summed E-state index contributed by atoms with van der Waals surface area (Å²) in [7, 11) is 1.73. The lowest BCUT2D eigenvalue weighted by Crippen LogP contribution is -2.26. The number of nitrogens with one attached hydrogen (secondary N) is 1. The van der Waals surface area contributed by atoms with Crippen molar-refractivity contribution in [3.05, 3.63) is 54.0 Å². The summed E-state index contributed by atoms with van der Waals surface area (Å²) >= 11 is 0.